The molecule has 0 unspecified atom stereocenters. The van der Waals surface area contributed by atoms with Crippen LogP contribution in [0.15, 0.2) is 34.9 Å². The number of para-hydroxylation sites is 1. The van der Waals surface area contributed by atoms with Crippen LogP contribution in [0.3, 0.4) is 0 Å². The number of benzene rings is 1. The second kappa shape index (κ2) is 5.56. The van der Waals surface area contributed by atoms with Crippen LogP contribution in [0.2, 0.25) is 0 Å². The second-order valence-corrected chi connectivity index (χ2v) is 4.26. The zero-order valence-corrected chi connectivity index (χ0v) is 11.1. The Morgan fingerprint density at radius 1 is 1.42 bits per heavy atom. The molecule has 19 heavy (non-hydrogen) atoms. The number of aryl methyl sites for hydroxylation is 1. The van der Waals surface area contributed by atoms with Gasteiger partial charge in [-0.3, -0.25) is 4.79 Å². The molecule has 2 rings (SSSR count). The molecule has 1 N–H and O–H groups in total. The summed E-state index contributed by atoms with van der Waals surface area (Å²) in [7, 11) is 1.61. The molecule has 0 aliphatic rings. The summed E-state index contributed by atoms with van der Waals surface area (Å²) in [4.78, 5) is 12.0. The summed E-state index contributed by atoms with van der Waals surface area (Å²) in [6.45, 7) is 3.64. The summed E-state index contributed by atoms with van der Waals surface area (Å²) in [5, 5.41) is 6.55. The van der Waals surface area contributed by atoms with E-state index in [4.69, 9.17) is 9.26 Å². The first kappa shape index (κ1) is 13.1. The Kier molecular flexibility index (Phi) is 3.85. The van der Waals surface area contributed by atoms with Crippen molar-refractivity contribution in [3.05, 3.63) is 47.3 Å². The van der Waals surface area contributed by atoms with Crippen molar-refractivity contribution in [3.63, 3.8) is 0 Å². The number of hydrogen-bond donors (Lipinski definition) is 1. The fourth-order valence-corrected chi connectivity index (χ4v) is 1.85. The SMILES string of the molecule is COc1ccccc1[C@@H](C)NC(=O)c1cc(C)on1. The Labute approximate surface area is 111 Å². The maximum Gasteiger partial charge on any atom is 0.273 e. The van der Waals surface area contributed by atoms with Crippen LogP contribution in [0.25, 0.3) is 0 Å². The first-order valence-electron chi connectivity index (χ1n) is 5.99. The maximum absolute atomic E-state index is 12.0. The van der Waals surface area contributed by atoms with Gasteiger partial charge in [-0.15, -0.1) is 0 Å². The van der Waals surface area contributed by atoms with Crippen LogP contribution >= 0.6 is 0 Å². The Morgan fingerprint density at radius 2 is 2.16 bits per heavy atom. The van der Waals surface area contributed by atoms with Crippen molar-refractivity contribution >= 4 is 5.91 Å². The third-order valence-corrected chi connectivity index (χ3v) is 2.81. The lowest BCUT2D eigenvalue weighted by Gasteiger charge is -2.16. The van der Waals surface area contributed by atoms with Gasteiger partial charge in [0.05, 0.1) is 13.2 Å². The van der Waals surface area contributed by atoms with E-state index in [-0.39, 0.29) is 17.6 Å². The lowest BCUT2D eigenvalue weighted by Crippen LogP contribution is -2.27. The monoisotopic (exact) mass is 260 g/mol. The van der Waals surface area contributed by atoms with Gasteiger partial charge in [-0.2, -0.15) is 0 Å². The number of methoxy groups -OCH3 is 1. The molecular formula is C14H16N2O3. The van der Waals surface area contributed by atoms with Crippen molar-refractivity contribution in [2.24, 2.45) is 0 Å². The highest BCUT2D eigenvalue weighted by atomic mass is 16.5. The fraction of sp³-hybridized carbons (Fsp3) is 0.286. The minimum absolute atomic E-state index is 0.180. The van der Waals surface area contributed by atoms with E-state index in [1.807, 2.05) is 31.2 Å². The van der Waals surface area contributed by atoms with E-state index in [1.54, 1.807) is 20.1 Å². The van der Waals surface area contributed by atoms with Crippen LogP contribution in [0.1, 0.15) is 34.8 Å². The summed E-state index contributed by atoms with van der Waals surface area (Å²) >= 11 is 0. The Morgan fingerprint density at radius 3 is 2.79 bits per heavy atom. The molecule has 1 aromatic carbocycles. The molecule has 1 atom stereocenters. The minimum Gasteiger partial charge on any atom is -0.496 e. The Bertz CT molecular complexity index is 578. The maximum atomic E-state index is 12.0. The fourth-order valence-electron chi connectivity index (χ4n) is 1.85. The van der Waals surface area contributed by atoms with Crippen LogP contribution in [-0.2, 0) is 0 Å². The highest BCUT2D eigenvalue weighted by Gasteiger charge is 2.16. The molecule has 0 bridgehead atoms. The van der Waals surface area contributed by atoms with Gasteiger partial charge in [-0.25, -0.2) is 0 Å². The second-order valence-electron chi connectivity index (χ2n) is 4.26. The van der Waals surface area contributed by atoms with Crippen molar-refractivity contribution in [1.29, 1.82) is 0 Å². The molecule has 0 spiro atoms. The third kappa shape index (κ3) is 2.93. The lowest BCUT2D eigenvalue weighted by atomic mass is 10.1. The molecule has 0 aliphatic heterocycles. The van der Waals surface area contributed by atoms with Crippen LogP contribution in [0.5, 0.6) is 5.75 Å². The Balaban J connectivity index is 2.12. The van der Waals surface area contributed by atoms with Crippen LogP contribution in [0.4, 0.5) is 0 Å². The number of nitrogens with one attached hydrogen (secondary N) is 1. The number of ether oxygens (including phenoxy) is 1. The number of rotatable bonds is 4. The van der Waals surface area contributed by atoms with Crippen molar-refractivity contribution in [2.45, 2.75) is 19.9 Å². The van der Waals surface area contributed by atoms with E-state index in [1.165, 1.54) is 0 Å². The molecule has 1 aromatic heterocycles. The van der Waals surface area contributed by atoms with Crippen LogP contribution in [0, 0.1) is 6.92 Å². The standard InChI is InChI=1S/C14H16N2O3/c1-9-8-12(16-19-9)14(17)15-10(2)11-6-4-5-7-13(11)18-3/h4-8,10H,1-3H3,(H,15,17)/t10-/m1/s1. The van der Waals surface area contributed by atoms with Gasteiger partial charge in [0, 0.05) is 11.6 Å². The van der Waals surface area contributed by atoms with Crippen molar-refractivity contribution in [1.82, 2.24) is 10.5 Å². The molecule has 0 aliphatic carbocycles. The van der Waals surface area contributed by atoms with Gasteiger partial charge >= 0.3 is 0 Å². The zero-order chi connectivity index (χ0) is 13.8. The molecule has 100 valence electrons. The minimum atomic E-state index is -0.268. The van der Waals surface area contributed by atoms with Crippen molar-refractivity contribution < 1.29 is 14.1 Å². The molecule has 1 amide bonds. The smallest absolute Gasteiger partial charge is 0.273 e. The van der Waals surface area contributed by atoms with Gasteiger partial charge in [0.1, 0.15) is 11.5 Å². The first-order chi connectivity index (χ1) is 9.11. The zero-order valence-electron chi connectivity index (χ0n) is 11.1. The predicted octanol–water partition coefficient (Wildman–Crippen LogP) is 2.48. The van der Waals surface area contributed by atoms with Crippen LogP contribution in [-0.4, -0.2) is 18.2 Å². The molecule has 5 nitrogen and oxygen atoms in total. The number of nitrogens with zero attached hydrogens (tertiary/aromatic N) is 1. The van der Waals surface area contributed by atoms with E-state index in [0.29, 0.717) is 5.76 Å². The molecule has 0 saturated carbocycles. The quantitative estimate of drug-likeness (QED) is 0.917. The van der Waals surface area contributed by atoms with E-state index < -0.39 is 0 Å². The predicted molar refractivity (Wildman–Crippen MR) is 70.1 cm³/mol. The van der Waals surface area contributed by atoms with E-state index in [2.05, 4.69) is 10.5 Å². The van der Waals surface area contributed by atoms with Gasteiger partial charge in [0.25, 0.3) is 5.91 Å². The van der Waals surface area contributed by atoms with Gasteiger partial charge in [0.15, 0.2) is 5.69 Å². The number of carbonyl (C=O) groups excluding carboxylic acids is 1. The summed E-state index contributed by atoms with van der Waals surface area (Å²) in [5.41, 5.74) is 1.19. The van der Waals surface area contributed by atoms with Crippen molar-refractivity contribution in [2.75, 3.05) is 7.11 Å². The largest absolute Gasteiger partial charge is 0.496 e. The number of aromatic nitrogens is 1. The summed E-state index contributed by atoms with van der Waals surface area (Å²) in [6.07, 6.45) is 0. The summed E-state index contributed by atoms with van der Waals surface area (Å²) in [6, 6.07) is 8.99. The molecule has 0 radical (unpaired) electrons. The molecule has 0 saturated heterocycles. The molecule has 1 heterocycles. The summed E-state index contributed by atoms with van der Waals surface area (Å²) < 4.78 is 10.2. The van der Waals surface area contributed by atoms with E-state index >= 15 is 0 Å². The van der Waals surface area contributed by atoms with E-state index in [9.17, 15) is 4.79 Å². The number of hydrogen-bond acceptors (Lipinski definition) is 4. The molecule has 2 aromatic rings. The number of amides is 1. The summed E-state index contributed by atoms with van der Waals surface area (Å²) in [5.74, 6) is 1.08. The Hall–Kier alpha value is -2.30. The third-order valence-electron chi connectivity index (χ3n) is 2.81. The van der Waals surface area contributed by atoms with Crippen molar-refractivity contribution in [3.8, 4) is 5.75 Å². The highest BCUT2D eigenvalue weighted by molar-refractivity contribution is 5.92. The van der Waals surface area contributed by atoms with Crippen LogP contribution < -0.4 is 10.1 Å². The lowest BCUT2D eigenvalue weighted by molar-refractivity contribution is 0.0930. The molecule has 5 heteroatoms. The average Bonchev–Trinajstić information content (AvgIpc) is 2.85. The van der Waals surface area contributed by atoms with Gasteiger partial charge < -0.3 is 14.6 Å². The first-order valence-corrected chi connectivity index (χ1v) is 5.99. The number of carbonyl (C=O) groups is 1. The molecule has 0 fully saturated rings. The normalized spacial score (nSPS) is 11.9. The topological polar surface area (TPSA) is 64.4 Å². The highest BCUT2D eigenvalue weighted by Crippen LogP contribution is 2.24. The average molecular weight is 260 g/mol. The van der Waals surface area contributed by atoms with Gasteiger partial charge in [-0.1, -0.05) is 23.4 Å². The molecular weight excluding hydrogens is 244 g/mol. The van der Waals surface area contributed by atoms with E-state index in [0.717, 1.165) is 11.3 Å². The van der Waals surface area contributed by atoms with Gasteiger partial charge in [-0.05, 0) is 19.9 Å². The van der Waals surface area contributed by atoms with Gasteiger partial charge in [0.2, 0.25) is 0 Å².